The lowest BCUT2D eigenvalue weighted by molar-refractivity contribution is 0.816. The fourth-order valence-electron chi connectivity index (χ4n) is 0.306. The summed E-state index contributed by atoms with van der Waals surface area (Å²) < 4.78 is 13.4. The van der Waals surface area contributed by atoms with Crippen LogP contribution in [-0.4, -0.2) is 0 Å². The molecule has 0 aromatic rings. The number of hydrogen-bond acceptors (Lipinski definition) is 0. The second kappa shape index (κ2) is 4.74. The topological polar surface area (TPSA) is 0 Å². The number of allylic oxidation sites excluding steroid dienone is 1. The van der Waals surface area contributed by atoms with E-state index in [0.29, 0.717) is 0 Å². The first-order chi connectivity index (χ1) is 3.77. The molecule has 0 aromatic heterocycles. The van der Waals surface area contributed by atoms with Crippen molar-refractivity contribution in [2.75, 3.05) is 0 Å². The molecule has 0 rings (SSSR count). The molecule has 36 valence electrons. The molecule has 0 fully saturated rings. The maximum Gasteiger partial charge on any atom is 0.0534 e. The van der Waals surface area contributed by atoms with E-state index in [2.05, 4.69) is 6.92 Å². The Labute approximate surface area is 42.7 Å². The van der Waals surface area contributed by atoms with E-state index in [4.69, 9.17) is 2.74 Å². The summed E-state index contributed by atoms with van der Waals surface area (Å²) in [6.07, 6.45) is 4.76. The third kappa shape index (κ3) is 3.74. The van der Waals surface area contributed by atoms with Crippen LogP contribution >= 0.6 is 0 Å². The summed E-state index contributed by atoms with van der Waals surface area (Å²) in [5, 5.41) is 0. The summed E-state index contributed by atoms with van der Waals surface area (Å²) in [6.45, 7) is 2.04. The first-order valence-corrected chi connectivity index (χ1v) is 2.40. The van der Waals surface area contributed by atoms with Crippen LogP contribution in [0.2, 0.25) is 0 Å². The molecule has 0 bridgehead atoms. The Morgan fingerprint density at radius 3 is 3.33 bits per heavy atom. The molecule has 0 radical (unpaired) electrons. The minimum Gasteiger partial charge on any atom is -0.103 e. The molecule has 0 N–H and O–H groups in total. The summed E-state index contributed by atoms with van der Waals surface area (Å²) in [5.41, 5.74) is 0. The van der Waals surface area contributed by atoms with Crippen molar-refractivity contribution in [2.24, 2.45) is 0 Å². The van der Waals surface area contributed by atoms with Crippen molar-refractivity contribution in [3.05, 3.63) is 12.6 Å². The Morgan fingerprint density at radius 1 is 2.00 bits per heavy atom. The first kappa shape index (κ1) is 2.84. The van der Waals surface area contributed by atoms with Gasteiger partial charge in [0.1, 0.15) is 0 Å². The molecule has 0 aliphatic heterocycles. The zero-order valence-electron chi connectivity index (χ0n) is 6.20. The van der Waals surface area contributed by atoms with Gasteiger partial charge in [-0.3, -0.25) is 0 Å². The molecule has 0 saturated heterocycles. The van der Waals surface area contributed by atoms with Crippen molar-refractivity contribution in [3.63, 3.8) is 0 Å². The van der Waals surface area contributed by atoms with Gasteiger partial charge in [-0.1, -0.05) is 25.8 Å². The molecule has 0 unspecified atom stereocenters. The molecule has 0 amide bonds. The lowest BCUT2D eigenvalue weighted by Crippen LogP contribution is -1.61. The smallest absolute Gasteiger partial charge is 0.0534 e. The van der Waals surface area contributed by atoms with Crippen molar-refractivity contribution >= 4 is 0 Å². The second-order valence-electron chi connectivity index (χ2n) is 1.35. The highest BCUT2D eigenvalue weighted by atomic mass is 13.8. The van der Waals surface area contributed by atoms with Gasteiger partial charge in [0.25, 0.3) is 0 Å². The van der Waals surface area contributed by atoms with Crippen molar-refractivity contribution < 1.29 is 2.74 Å². The van der Waals surface area contributed by atoms with Gasteiger partial charge >= 0.3 is 0 Å². The van der Waals surface area contributed by atoms with Crippen LogP contribution in [0.4, 0.5) is 0 Å². The van der Waals surface area contributed by atoms with Crippen LogP contribution < -0.4 is 0 Å². The maximum atomic E-state index is 6.68. The molecular weight excluding hydrogens is 72.1 g/mol. The average molecular weight is 86.2 g/mol. The summed E-state index contributed by atoms with van der Waals surface area (Å²) in [5.74, 6) is 0. The van der Waals surface area contributed by atoms with Gasteiger partial charge in [0.05, 0.1) is 2.74 Å². The third-order valence-electron chi connectivity index (χ3n) is 0.702. The Morgan fingerprint density at radius 2 is 2.83 bits per heavy atom. The van der Waals surface area contributed by atoms with E-state index in [-0.39, 0.29) is 6.53 Å². The fourth-order valence-corrected chi connectivity index (χ4v) is 0.306. The minimum atomic E-state index is -0.0570. The monoisotopic (exact) mass is 86.1 g/mol. The van der Waals surface area contributed by atoms with E-state index >= 15 is 0 Å². The summed E-state index contributed by atoms with van der Waals surface area (Å²) in [6, 6.07) is 0. The first-order valence-electron chi connectivity index (χ1n) is 3.40. The van der Waals surface area contributed by atoms with Crippen LogP contribution in [0.1, 0.15) is 28.9 Å². The van der Waals surface area contributed by atoms with Gasteiger partial charge in [0.2, 0.25) is 0 Å². The normalized spacial score (nSPS) is 12.2. The van der Waals surface area contributed by atoms with Crippen molar-refractivity contribution in [2.45, 2.75) is 26.2 Å². The highest BCUT2D eigenvalue weighted by molar-refractivity contribution is 4.64. The van der Waals surface area contributed by atoms with E-state index in [0.717, 1.165) is 19.3 Å². The van der Waals surface area contributed by atoms with Crippen LogP contribution in [0.25, 0.3) is 0 Å². The van der Waals surface area contributed by atoms with Crippen molar-refractivity contribution in [1.29, 1.82) is 0 Å². The van der Waals surface area contributed by atoms with Gasteiger partial charge in [-0.25, -0.2) is 0 Å². The van der Waals surface area contributed by atoms with E-state index in [1.54, 1.807) is 6.08 Å². The lowest BCUT2D eigenvalue weighted by atomic mass is 10.3. The Kier molecular flexibility index (Phi) is 2.24. The van der Waals surface area contributed by atoms with Gasteiger partial charge in [-0.15, -0.1) is 6.53 Å². The number of rotatable bonds is 3. The highest BCUT2D eigenvalue weighted by Crippen LogP contribution is 1.91. The van der Waals surface area contributed by atoms with Crippen LogP contribution in [0.3, 0.4) is 0 Å². The third-order valence-corrected chi connectivity index (χ3v) is 0.702. The zero-order valence-corrected chi connectivity index (χ0v) is 4.20. The molecule has 0 heteroatoms. The molecule has 0 heterocycles. The largest absolute Gasteiger partial charge is 0.103 e. The van der Waals surface area contributed by atoms with Crippen molar-refractivity contribution in [3.8, 4) is 0 Å². The highest BCUT2D eigenvalue weighted by Gasteiger charge is 1.71. The SMILES string of the molecule is [2H]C([2H])=CCCCC. The molecular formula is C6H12. The molecule has 0 saturated carbocycles. The van der Waals surface area contributed by atoms with E-state index < -0.39 is 0 Å². The van der Waals surface area contributed by atoms with Crippen LogP contribution in [-0.2, 0) is 0 Å². The molecule has 6 heavy (non-hydrogen) atoms. The van der Waals surface area contributed by atoms with E-state index in [1.165, 1.54) is 0 Å². The summed E-state index contributed by atoms with van der Waals surface area (Å²) >= 11 is 0. The molecule has 0 nitrogen and oxygen atoms in total. The molecule has 0 aliphatic carbocycles. The molecule has 0 atom stereocenters. The van der Waals surface area contributed by atoms with Gasteiger partial charge in [-0.2, -0.15) is 0 Å². The fraction of sp³-hybridized carbons (Fsp3) is 0.667. The van der Waals surface area contributed by atoms with Gasteiger partial charge < -0.3 is 0 Å². The second-order valence-corrected chi connectivity index (χ2v) is 1.35. The summed E-state index contributed by atoms with van der Waals surface area (Å²) in [7, 11) is 0. The van der Waals surface area contributed by atoms with Crippen molar-refractivity contribution in [1.82, 2.24) is 0 Å². The Balaban J connectivity index is 3.03. The Bertz CT molecular complexity index is 72.6. The number of hydrogen-bond donors (Lipinski definition) is 0. The molecule has 0 spiro atoms. The van der Waals surface area contributed by atoms with Gasteiger partial charge in [-0.05, 0) is 6.42 Å². The zero-order chi connectivity index (χ0) is 6.41. The predicted octanol–water partition coefficient (Wildman–Crippen LogP) is 2.36. The summed E-state index contributed by atoms with van der Waals surface area (Å²) in [4.78, 5) is 0. The molecule has 0 aromatic carbocycles. The van der Waals surface area contributed by atoms with Gasteiger partial charge in [0.15, 0.2) is 0 Å². The minimum absolute atomic E-state index is 0.0570. The quantitative estimate of drug-likeness (QED) is 0.365. The number of unbranched alkanes of at least 4 members (excludes halogenated alkanes) is 2. The average Bonchev–Trinajstić information content (AvgIpc) is 1.66. The Hall–Kier alpha value is -0.260. The maximum absolute atomic E-state index is 6.68. The van der Waals surface area contributed by atoms with Gasteiger partial charge in [0, 0.05) is 0 Å². The lowest BCUT2D eigenvalue weighted by Gasteiger charge is -1.81. The van der Waals surface area contributed by atoms with Crippen LogP contribution in [0, 0.1) is 0 Å². The van der Waals surface area contributed by atoms with E-state index in [9.17, 15) is 0 Å². The van der Waals surface area contributed by atoms with Crippen LogP contribution in [0.5, 0.6) is 0 Å². The standard InChI is InChI=1S/C6H12/c1-3-5-6-4-2/h3H,1,4-6H2,2H3/i1D2. The molecule has 0 aliphatic rings. The van der Waals surface area contributed by atoms with Crippen LogP contribution in [0.15, 0.2) is 12.6 Å². The predicted molar refractivity (Wildman–Crippen MR) is 29.7 cm³/mol. The van der Waals surface area contributed by atoms with E-state index in [1.807, 2.05) is 0 Å².